The van der Waals surface area contributed by atoms with Gasteiger partial charge in [-0.15, -0.1) is 15.3 Å². The molecule has 0 saturated heterocycles. The molecule has 2 aromatic rings. The number of nitrogens with one attached hydrogen (secondary N) is 1. The minimum Gasteiger partial charge on any atom is -0.368 e. The third-order valence-corrected chi connectivity index (χ3v) is 4.04. The van der Waals surface area contributed by atoms with E-state index in [4.69, 9.17) is 5.73 Å². The maximum atomic E-state index is 5.93. The molecule has 0 atom stereocenters. The molecule has 8 nitrogen and oxygen atoms in total. The molecule has 2 aromatic heterocycles. The first-order valence-electron chi connectivity index (χ1n) is 8.11. The summed E-state index contributed by atoms with van der Waals surface area (Å²) in [5.74, 6) is 1.31. The first-order chi connectivity index (χ1) is 11.7. The fourth-order valence-electron chi connectivity index (χ4n) is 2.91. The van der Waals surface area contributed by atoms with Crippen LogP contribution in [0, 0.1) is 0 Å². The molecule has 3 N–H and O–H groups in total. The van der Waals surface area contributed by atoms with Crippen LogP contribution in [0.2, 0.25) is 0 Å². The molecule has 8 heteroatoms. The molecule has 0 bridgehead atoms. The second-order valence-electron chi connectivity index (χ2n) is 5.58. The Labute approximate surface area is 140 Å². The lowest BCUT2D eigenvalue weighted by atomic mass is 10.0. The first-order valence-corrected chi connectivity index (χ1v) is 8.11. The Balaban J connectivity index is 2.09. The van der Waals surface area contributed by atoms with Gasteiger partial charge in [-0.1, -0.05) is 13.0 Å². The Bertz CT molecular complexity index is 802. The molecule has 0 spiro atoms. The van der Waals surface area contributed by atoms with Crippen LogP contribution >= 0.6 is 0 Å². The molecule has 0 radical (unpaired) electrons. The third kappa shape index (κ3) is 2.86. The predicted octanol–water partition coefficient (Wildman–Crippen LogP) is 1.88. The number of nitrogens with zero attached hydrogens (tertiary/aromatic N) is 6. The largest absolute Gasteiger partial charge is 0.368 e. The molecule has 2 heterocycles. The van der Waals surface area contributed by atoms with E-state index >= 15 is 0 Å². The number of fused-ring (bicyclic) bond motifs is 1. The van der Waals surface area contributed by atoms with Gasteiger partial charge in [0.2, 0.25) is 11.9 Å². The van der Waals surface area contributed by atoms with Gasteiger partial charge in [-0.2, -0.15) is 9.67 Å². The van der Waals surface area contributed by atoms with Crippen molar-refractivity contribution in [2.75, 3.05) is 25.1 Å². The van der Waals surface area contributed by atoms with Crippen LogP contribution in [-0.2, 0) is 6.42 Å². The SMILES string of the molecule is CC/C=C1\C(=NC)CCCc2cc(-n3nc(NC)nc3N)nnc21. The Hall–Kier alpha value is -2.77. The molecular weight excluding hydrogens is 304 g/mol. The summed E-state index contributed by atoms with van der Waals surface area (Å²) in [4.78, 5) is 8.57. The van der Waals surface area contributed by atoms with Crippen molar-refractivity contribution in [2.45, 2.75) is 32.6 Å². The number of hydrogen-bond acceptors (Lipinski definition) is 7. The van der Waals surface area contributed by atoms with Crippen molar-refractivity contribution in [2.24, 2.45) is 4.99 Å². The van der Waals surface area contributed by atoms with E-state index < -0.39 is 0 Å². The molecular formula is C16H22N8. The number of allylic oxidation sites excluding steroid dienone is 2. The molecule has 1 aliphatic carbocycles. The first kappa shape index (κ1) is 16.1. The summed E-state index contributed by atoms with van der Waals surface area (Å²) >= 11 is 0. The van der Waals surface area contributed by atoms with Gasteiger partial charge < -0.3 is 11.1 Å². The maximum absolute atomic E-state index is 5.93. The number of aliphatic imine (C=N–C) groups is 1. The molecule has 0 aromatic carbocycles. The molecule has 0 unspecified atom stereocenters. The van der Waals surface area contributed by atoms with Crippen molar-refractivity contribution in [3.8, 4) is 5.82 Å². The second-order valence-corrected chi connectivity index (χ2v) is 5.58. The van der Waals surface area contributed by atoms with E-state index in [-0.39, 0.29) is 5.95 Å². The number of rotatable bonds is 3. The van der Waals surface area contributed by atoms with Gasteiger partial charge in [0.1, 0.15) is 0 Å². The Morgan fingerprint density at radius 1 is 1.38 bits per heavy atom. The highest BCUT2D eigenvalue weighted by Gasteiger charge is 2.21. The van der Waals surface area contributed by atoms with Gasteiger partial charge >= 0.3 is 0 Å². The average molecular weight is 326 g/mol. The number of nitrogens with two attached hydrogens (primary N) is 1. The number of aryl methyl sites for hydroxylation is 1. The zero-order chi connectivity index (χ0) is 17.1. The standard InChI is InChI=1S/C16H22N8/c1-4-6-11-12(18-2)8-5-7-10-9-13(21-22-14(10)11)24-15(17)20-16(19-3)23-24/h6,9H,4-5,7-8H2,1-3H3,(H3,17,19,20,23)/b11-6+,18-12?. The lowest BCUT2D eigenvalue weighted by Gasteiger charge is -2.10. The minimum atomic E-state index is 0.280. The molecule has 1 aliphatic rings. The van der Waals surface area contributed by atoms with Gasteiger partial charge in [0.25, 0.3) is 0 Å². The highest BCUT2D eigenvalue weighted by Crippen LogP contribution is 2.28. The number of anilines is 2. The van der Waals surface area contributed by atoms with E-state index in [9.17, 15) is 0 Å². The highest BCUT2D eigenvalue weighted by molar-refractivity contribution is 6.23. The van der Waals surface area contributed by atoms with Gasteiger partial charge in [0.05, 0.1) is 5.69 Å². The maximum Gasteiger partial charge on any atom is 0.244 e. The molecule has 3 rings (SSSR count). The summed E-state index contributed by atoms with van der Waals surface area (Å²) in [5, 5.41) is 15.9. The summed E-state index contributed by atoms with van der Waals surface area (Å²) < 4.78 is 1.50. The summed E-state index contributed by atoms with van der Waals surface area (Å²) in [6, 6.07) is 1.99. The van der Waals surface area contributed by atoms with Gasteiger partial charge in [0, 0.05) is 25.4 Å². The summed E-state index contributed by atoms with van der Waals surface area (Å²) in [6.45, 7) is 2.11. The average Bonchev–Trinajstić information content (AvgIpc) is 2.89. The van der Waals surface area contributed by atoms with Gasteiger partial charge in [-0.3, -0.25) is 4.99 Å². The van der Waals surface area contributed by atoms with Crippen molar-refractivity contribution in [1.29, 1.82) is 0 Å². The second kappa shape index (κ2) is 6.77. The van der Waals surface area contributed by atoms with Crippen LogP contribution in [0.1, 0.15) is 37.4 Å². The van der Waals surface area contributed by atoms with Crippen molar-refractivity contribution in [3.05, 3.63) is 23.4 Å². The quantitative estimate of drug-likeness (QED) is 0.834. The fourth-order valence-corrected chi connectivity index (χ4v) is 2.91. The van der Waals surface area contributed by atoms with Crippen molar-refractivity contribution < 1.29 is 0 Å². The van der Waals surface area contributed by atoms with E-state index in [2.05, 4.69) is 43.6 Å². The topological polar surface area (TPSA) is 107 Å². The van der Waals surface area contributed by atoms with Crippen LogP contribution in [0.4, 0.5) is 11.9 Å². The number of aromatic nitrogens is 5. The summed E-state index contributed by atoms with van der Waals surface area (Å²) in [5.41, 5.74) is 10.2. The fraction of sp³-hybridized carbons (Fsp3) is 0.438. The molecule has 0 fully saturated rings. The number of hydrogen-bond donors (Lipinski definition) is 2. The van der Waals surface area contributed by atoms with Crippen molar-refractivity contribution >= 4 is 23.2 Å². The Morgan fingerprint density at radius 3 is 2.88 bits per heavy atom. The van der Waals surface area contributed by atoms with E-state index in [0.717, 1.165) is 48.2 Å². The zero-order valence-electron chi connectivity index (χ0n) is 14.2. The lowest BCUT2D eigenvalue weighted by molar-refractivity contribution is 0.800. The van der Waals surface area contributed by atoms with Crippen LogP contribution in [0.25, 0.3) is 11.4 Å². The molecule has 0 aliphatic heterocycles. The molecule has 0 amide bonds. The lowest BCUT2D eigenvalue weighted by Crippen LogP contribution is -2.10. The summed E-state index contributed by atoms with van der Waals surface area (Å²) in [7, 11) is 3.58. The van der Waals surface area contributed by atoms with Crippen LogP contribution < -0.4 is 11.1 Å². The predicted molar refractivity (Wildman–Crippen MR) is 95.5 cm³/mol. The van der Waals surface area contributed by atoms with Crippen molar-refractivity contribution in [3.63, 3.8) is 0 Å². The summed E-state index contributed by atoms with van der Waals surface area (Å²) in [6.07, 6.45) is 6.00. The molecule has 126 valence electrons. The minimum absolute atomic E-state index is 0.280. The van der Waals surface area contributed by atoms with Crippen molar-refractivity contribution in [1.82, 2.24) is 25.0 Å². The highest BCUT2D eigenvalue weighted by atomic mass is 15.4. The smallest absolute Gasteiger partial charge is 0.244 e. The monoisotopic (exact) mass is 326 g/mol. The zero-order valence-corrected chi connectivity index (χ0v) is 14.2. The van der Waals surface area contributed by atoms with E-state index in [1.54, 1.807) is 7.05 Å². The van der Waals surface area contributed by atoms with Gasteiger partial charge in [0.15, 0.2) is 5.82 Å². The van der Waals surface area contributed by atoms with E-state index in [1.165, 1.54) is 4.68 Å². The Morgan fingerprint density at radius 2 is 2.21 bits per heavy atom. The van der Waals surface area contributed by atoms with Crippen LogP contribution in [-0.4, -0.2) is 44.8 Å². The third-order valence-electron chi connectivity index (χ3n) is 4.04. The normalized spacial score (nSPS) is 17.8. The molecule has 0 saturated carbocycles. The van der Waals surface area contributed by atoms with E-state index in [1.807, 2.05) is 13.1 Å². The molecule has 24 heavy (non-hydrogen) atoms. The van der Waals surface area contributed by atoms with E-state index in [0.29, 0.717) is 11.8 Å². The van der Waals surface area contributed by atoms with Crippen LogP contribution in [0.3, 0.4) is 0 Å². The van der Waals surface area contributed by atoms with Gasteiger partial charge in [-0.25, -0.2) is 0 Å². The van der Waals surface area contributed by atoms with Crippen LogP contribution in [0.15, 0.2) is 17.1 Å². The van der Waals surface area contributed by atoms with Crippen LogP contribution in [0.5, 0.6) is 0 Å². The van der Waals surface area contributed by atoms with Gasteiger partial charge in [-0.05, 0) is 37.3 Å². The Kier molecular flexibility index (Phi) is 4.54. The number of nitrogen functional groups attached to an aromatic ring is 1.